The fraction of sp³-hybridized carbons (Fsp3) is 0.562. The largest absolute Gasteiger partial charge is 0.352 e. The zero-order chi connectivity index (χ0) is 17.0. The molecule has 1 aromatic carbocycles. The van der Waals surface area contributed by atoms with Crippen LogP contribution in [0.2, 0.25) is 0 Å². The zero-order valence-corrected chi connectivity index (χ0v) is 14.3. The van der Waals surface area contributed by atoms with Gasteiger partial charge in [-0.25, -0.2) is 12.8 Å². The Hall–Kier alpha value is -1.63. The van der Waals surface area contributed by atoms with Gasteiger partial charge in [0.1, 0.15) is 11.9 Å². The van der Waals surface area contributed by atoms with Crippen molar-refractivity contribution in [1.82, 2.24) is 5.32 Å². The van der Waals surface area contributed by atoms with Crippen molar-refractivity contribution in [2.24, 2.45) is 0 Å². The first kappa shape index (κ1) is 17.7. The first-order valence-electron chi connectivity index (χ1n) is 7.89. The standard InChI is InChI=1S/C16H23FN2O3S/c1-3-14(16(20)18-12-8-4-5-9-12)19(23(2,21)22)15-11-7-6-10-13(15)17/h6-7,10-12,14H,3-5,8-9H2,1-2H3,(H,18,20). The molecule has 7 heteroatoms. The van der Waals surface area contributed by atoms with Gasteiger partial charge < -0.3 is 5.32 Å². The number of amides is 1. The topological polar surface area (TPSA) is 66.5 Å². The van der Waals surface area contributed by atoms with Gasteiger partial charge >= 0.3 is 0 Å². The normalized spacial score (nSPS) is 17.0. The van der Waals surface area contributed by atoms with E-state index in [0.717, 1.165) is 36.2 Å². The molecule has 5 nitrogen and oxygen atoms in total. The average molecular weight is 342 g/mol. The Bertz CT molecular complexity index is 657. The number of benzene rings is 1. The van der Waals surface area contributed by atoms with Crippen molar-refractivity contribution in [3.63, 3.8) is 0 Å². The van der Waals surface area contributed by atoms with E-state index in [1.54, 1.807) is 13.0 Å². The molecular formula is C16H23FN2O3S. The molecular weight excluding hydrogens is 319 g/mol. The molecule has 1 saturated carbocycles. The van der Waals surface area contributed by atoms with Crippen LogP contribution in [-0.2, 0) is 14.8 Å². The molecule has 23 heavy (non-hydrogen) atoms. The summed E-state index contributed by atoms with van der Waals surface area (Å²) in [6.07, 6.45) is 5.18. The van der Waals surface area contributed by atoms with Crippen LogP contribution in [0.3, 0.4) is 0 Å². The molecule has 0 radical (unpaired) electrons. The number of anilines is 1. The van der Waals surface area contributed by atoms with Crippen LogP contribution in [0, 0.1) is 5.82 Å². The van der Waals surface area contributed by atoms with Crippen molar-refractivity contribution >= 4 is 21.6 Å². The molecule has 1 amide bonds. The quantitative estimate of drug-likeness (QED) is 0.863. The number of hydrogen-bond acceptors (Lipinski definition) is 3. The van der Waals surface area contributed by atoms with Crippen LogP contribution in [0.25, 0.3) is 0 Å². The second-order valence-electron chi connectivity index (χ2n) is 5.92. The summed E-state index contributed by atoms with van der Waals surface area (Å²) in [6, 6.07) is 4.73. The smallest absolute Gasteiger partial charge is 0.244 e. The van der Waals surface area contributed by atoms with Gasteiger partial charge in [-0.1, -0.05) is 31.9 Å². The molecule has 1 aliphatic rings. The lowest BCUT2D eigenvalue weighted by atomic mass is 10.1. The summed E-state index contributed by atoms with van der Waals surface area (Å²) in [5.74, 6) is -1.03. The Labute approximate surface area is 136 Å². The van der Waals surface area contributed by atoms with E-state index in [1.807, 2.05) is 0 Å². The van der Waals surface area contributed by atoms with E-state index in [9.17, 15) is 17.6 Å². The minimum absolute atomic E-state index is 0.0820. The molecule has 1 aromatic rings. The van der Waals surface area contributed by atoms with Gasteiger partial charge in [0.05, 0.1) is 11.9 Å². The van der Waals surface area contributed by atoms with E-state index in [1.165, 1.54) is 18.2 Å². The average Bonchev–Trinajstić information content (AvgIpc) is 2.97. The van der Waals surface area contributed by atoms with Gasteiger partial charge in [0.15, 0.2) is 0 Å². The highest BCUT2D eigenvalue weighted by Gasteiger charge is 2.34. The fourth-order valence-electron chi connectivity index (χ4n) is 3.03. The monoisotopic (exact) mass is 342 g/mol. The molecule has 1 fully saturated rings. The maximum Gasteiger partial charge on any atom is 0.244 e. The first-order valence-corrected chi connectivity index (χ1v) is 9.73. The van der Waals surface area contributed by atoms with Crippen molar-refractivity contribution in [3.8, 4) is 0 Å². The first-order chi connectivity index (χ1) is 10.8. The van der Waals surface area contributed by atoms with Crippen molar-refractivity contribution in [2.45, 2.75) is 51.1 Å². The van der Waals surface area contributed by atoms with Crippen LogP contribution in [0.5, 0.6) is 0 Å². The molecule has 128 valence electrons. The maximum atomic E-state index is 14.1. The maximum absolute atomic E-state index is 14.1. The van der Waals surface area contributed by atoms with Gasteiger partial charge in [0, 0.05) is 6.04 Å². The molecule has 1 atom stereocenters. The van der Waals surface area contributed by atoms with Gasteiger partial charge in [-0.05, 0) is 31.4 Å². The van der Waals surface area contributed by atoms with Crippen LogP contribution in [0.4, 0.5) is 10.1 Å². The van der Waals surface area contributed by atoms with E-state index >= 15 is 0 Å². The number of nitrogens with one attached hydrogen (secondary N) is 1. The lowest BCUT2D eigenvalue weighted by molar-refractivity contribution is -0.122. The highest BCUT2D eigenvalue weighted by Crippen LogP contribution is 2.26. The van der Waals surface area contributed by atoms with Crippen molar-refractivity contribution in [1.29, 1.82) is 0 Å². The van der Waals surface area contributed by atoms with Crippen LogP contribution in [0.15, 0.2) is 24.3 Å². The van der Waals surface area contributed by atoms with Crippen LogP contribution in [0.1, 0.15) is 39.0 Å². The van der Waals surface area contributed by atoms with Crippen molar-refractivity contribution in [2.75, 3.05) is 10.6 Å². The highest BCUT2D eigenvalue weighted by atomic mass is 32.2. The minimum Gasteiger partial charge on any atom is -0.352 e. The van der Waals surface area contributed by atoms with Crippen LogP contribution >= 0.6 is 0 Å². The molecule has 0 aromatic heterocycles. The lowest BCUT2D eigenvalue weighted by Gasteiger charge is -2.31. The SMILES string of the molecule is CCC(C(=O)NC1CCCC1)N(c1ccccc1F)S(C)(=O)=O. The summed E-state index contributed by atoms with van der Waals surface area (Å²) in [5, 5.41) is 2.90. The third kappa shape index (κ3) is 4.22. The molecule has 0 saturated heterocycles. The third-order valence-corrected chi connectivity index (χ3v) is 5.29. The second-order valence-corrected chi connectivity index (χ2v) is 7.78. The summed E-state index contributed by atoms with van der Waals surface area (Å²) in [4.78, 5) is 12.6. The number of halogens is 1. The van der Waals surface area contributed by atoms with Gasteiger partial charge in [0.2, 0.25) is 15.9 Å². The van der Waals surface area contributed by atoms with Crippen molar-refractivity contribution < 1.29 is 17.6 Å². The van der Waals surface area contributed by atoms with E-state index in [-0.39, 0.29) is 24.1 Å². The number of carbonyl (C=O) groups is 1. The summed E-state index contributed by atoms with van der Waals surface area (Å²) in [5.41, 5.74) is -0.0941. The fourth-order valence-corrected chi connectivity index (χ4v) is 4.25. The number of hydrogen-bond donors (Lipinski definition) is 1. The van der Waals surface area contributed by atoms with Crippen molar-refractivity contribution in [3.05, 3.63) is 30.1 Å². The molecule has 0 spiro atoms. The molecule has 2 rings (SSSR count). The van der Waals surface area contributed by atoms with Gasteiger partial charge in [0.25, 0.3) is 0 Å². The summed E-state index contributed by atoms with van der Waals surface area (Å²) >= 11 is 0. The summed E-state index contributed by atoms with van der Waals surface area (Å²) < 4.78 is 39.4. The highest BCUT2D eigenvalue weighted by molar-refractivity contribution is 7.92. The zero-order valence-electron chi connectivity index (χ0n) is 13.5. The second kappa shape index (κ2) is 7.29. The predicted molar refractivity (Wildman–Crippen MR) is 88.2 cm³/mol. The number of para-hydroxylation sites is 1. The number of nitrogens with zero attached hydrogens (tertiary/aromatic N) is 1. The summed E-state index contributed by atoms with van der Waals surface area (Å²) in [7, 11) is -3.80. The van der Waals surface area contributed by atoms with Gasteiger partial charge in [-0.15, -0.1) is 0 Å². The number of rotatable bonds is 6. The van der Waals surface area contributed by atoms with Gasteiger partial charge in [-0.2, -0.15) is 0 Å². The lowest BCUT2D eigenvalue weighted by Crippen LogP contribution is -2.51. The molecule has 0 bridgehead atoms. The third-order valence-electron chi connectivity index (χ3n) is 4.12. The minimum atomic E-state index is -3.80. The number of sulfonamides is 1. The predicted octanol–water partition coefficient (Wildman–Crippen LogP) is 2.43. The molecule has 1 unspecified atom stereocenters. The molecule has 0 heterocycles. The van der Waals surface area contributed by atoms with E-state index in [2.05, 4.69) is 5.32 Å². The Morgan fingerprint density at radius 2 is 1.96 bits per heavy atom. The molecule has 1 N–H and O–H groups in total. The van der Waals surface area contributed by atoms with E-state index in [0.29, 0.717) is 0 Å². The molecule has 0 aliphatic heterocycles. The Kier molecular flexibility index (Phi) is 5.62. The summed E-state index contributed by atoms with van der Waals surface area (Å²) in [6.45, 7) is 1.72. The van der Waals surface area contributed by atoms with Crippen LogP contribution < -0.4 is 9.62 Å². The van der Waals surface area contributed by atoms with Gasteiger partial charge in [-0.3, -0.25) is 9.10 Å². The Morgan fingerprint density at radius 1 is 1.35 bits per heavy atom. The van der Waals surface area contributed by atoms with E-state index < -0.39 is 21.9 Å². The molecule has 1 aliphatic carbocycles. The Morgan fingerprint density at radius 3 is 2.48 bits per heavy atom. The van der Waals surface area contributed by atoms with E-state index in [4.69, 9.17) is 0 Å². The van der Waals surface area contributed by atoms with Crippen LogP contribution in [-0.4, -0.2) is 32.7 Å². The Balaban J connectivity index is 2.32. The number of carbonyl (C=O) groups excluding carboxylic acids is 1.